The molecule has 1 fully saturated rings. The first kappa shape index (κ1) is 18.5. The lowest BCUT2D eigenvalue weighted by molar-refractivity contribution is -0.123. The van der Waals surface area contributed by atoms with Crippen molar-refractivity contribution in [1.29, 1.82) is 0 Å². The van der Waals surface area contributed by atoms with Crippen molar-refractivity contribution in [1.82, 2.24) is 15.5 Å². The van der Waals surface area contributed by atoms with E-state index >= 15 is 0 Å². The summed E-state index contributed by atoms with van der Waals surface area (Å²) in [5, 5.41) is 6.32. The van der Waals surface area contributed by atoms with Crippen LogP contribution in [0.5, 0.6) is 0 Å². The molecule has 0 aromatic heterocycles. The van der Waals surface area contributed by atoms with Crippen molar-refractivity contribution in [3.05, 3.63) is 69.7 Å². The lowest BCUT2D eigenvalue weighted by Gasteiger charge is -2.20. The topological polar surface area (TPSA) is 78.5 Å². The predicted octanol–water partition coefficient (Wildman–Crippen LogP) is 2.04. The maximum atomic E-state index is 12.6. The van der Waals surface area contributed by atoms with Crippen LogP contribution >= 0.6 is 11.6 Å². The number of rotatable bonds is 5. The normalized spacial score (nSPS) is 18.2. The van der Waals surface area contributed by atoms with Gasteiger partial charge in [0.1, 0.15) is 6.04 Å². The highest BCUT2D eigenvalue weighted by Crippen LogP contribution is 2.27. The standard InChI is InChI=1S/C21H20ClN3O3/c22-16-4-1-13(2-5-16)10-19(26)24-11-14-3-6-17-15(9-14)12-25(21(17)28)18-7-8-23-20(18)27/h1-6,9,18H,7-8,10-12H2,(H,23,27)(H,24,26). The molecule has 0 bridgehead atoms. The molecule has 0 aliphatic carbocycles. The van der Waals surface area contributed by atoms with Gasteiger partial charge >= 0.3 is 0 Å². The van der Waals surface area contributed by atoms with Gasteiger partial charge in [-0.05, 0) is 41.3 Å². The van der Waals surface area contributed by atoms with Gasteiger partial charge in [0.15, 0.2) is 0 Å². The lowest BCUT2D eigenvalue weighted by Crippen LogP contribution is -2.40. The Balaban J connectivity index is 1.37. The Labute approximate surface area is 167 Å². The quantitative estimate of drug-likeness (QED) is 0.810. The summed E-state index contributed by atoms with van der Waals surface area (Å²) >= 11 is 5.86. The Hall–Kier alpha value is -2.86. The maximum Gasteiger partial charge on any atom is 0.255 e. The van der Waals surface area contributed by atoms with E-state index in [1.165, 1.54) is 0 Å². The van der Waals surface area contributed by atoms with E-state index in [2.05, 4.69) is 10.6 Å². The van der Waals surface area contributed by atoms with Gasteiger partial charge in [-0.15, -0.1) is 0 Å². The van der Waals surface area contributed by atoms with Crippen LogP contribution in [0, 0.1) is 0 Å². The average Bonchev–Trinajstić information content (AvgIpc) is 3.24. The van der Waals surface area contributed by atoms with Gasteiger partial charge in [-0.25, -0.2) is 0 Å². The molecule has 2 aliphatic heterocycles. The zero-order chi connectivity index (χ0) is 19.7. The molecule has 2 heterocycles. The van der Waals surface area contributed by atoms with Crippen molar-refractivity contribution in [2.24, 2.45) is 0 Å². The highest BCUT2D eigenvalue weighted by atomic mass is 35.5. The van der Waals surface area contributed by atoms with Crippen LogP contribution in [-0.4, -0.2) is 35.2 Å². The number of fused-ring (bicyclic) bond motifs is 1. The third kappa shape index (κ3) is 3.73. The Kier molecular flexibility index (Phi) is 5.05. The number of halogens is 1. The molecule has 3 amide bonds. The molecule has 1 atom stereocenters. The maximum absolute atomic E-state index is 12.6. The van der Waals surface area contributed by atoms with Crippen LogP contribution in [0.3, 0.4) is 0 Å². The van der Waals surface area contributed by atoms with E-state index in [-0.39, 0.29) is 30.2 Å². The molecule has 7 heteroatoms. The molecular weight excluding hydrogens is 378 g/mol. The molecule has 144 valence electrons. The summed E-state index contributed by atoms with van der Waals surface area (Å²) in [5.74, 6) is -0.269. The van der Waals surface area contributed by atoms with E-state index in [1.807, 2.05) is 24.3 Å². The SMILES string of the molecule is O=C(Cc1ccc(Cl)cc1)NCc1ccc2c(c1)CN(C1CCNC1=O)C2=O. The number of carbonyl (C=O) groups is 3. The van der Waals surface area contributed by atoms with Crippen molar-refractivity contribution in [3.8, 4) is 0 Å². The Morgan fingerprint density at radius 3 is 2.61 bits per heavy atom. The third-order valence-electron chi connectivity index (χ3n) is 5.17. The fourth-order valence-electron chi connectivity index (χ4n) is 3.69. The highest BCUT2D eigenvalue weighted by Gasteiger charge is 2.38. The van der Waals surface area contributed by atoms with Gasteiger partial charge in [-0.3, -0.25) is 14.4 Å². The Morgan fingerprint density at radius 2 is 1.89 bits per heavy atom. The smallest absolute Gasteiger partial charge is 0.255 e. The van der Waals surface area contributed by atoms with Crippen LogP contribution in [0.4, 0.5) is 0 Å². The van der Waals surface area contributed by atoms with E-state index in [0.29, 0.717) is 36.6 Å². The average molecular weight is 398 g/mol. The van der Waals surface area contributed by atoms with Crippen LogP contribution in [0.2, 0.25) is 5.02 Å². The van der Waals surface area contributed by atoms with Gasteiger partial charge < -0.3 is 15.5 Å². The van der Waals surface area contributed by atoms with Crippen LogP contribution in [-0.2, 0) is 29.1 Å². The minimum Gasteiger partial charge on any atom is -0.354 e. The second kappa shape index (κ2) is 7.64. The molecule has 1 unspecified atom stereocenters. The second-order valence-electron chi connectivity index (χ2n) is 7.10. The minimum atomic E-state index is -0.387. The fraction of sp³-hybridized carbons (Fsp3) is 0.286. The largest absolute Gasteiger partial charge is 0.354 e. The van der Waals surface area contributed by atoms with Crippen molar-refractivity contribution in [2.75, 3.05) is 6.54 Å². The summed E-state index contributed by atoms with van der Waals surface area (Å²) in [4.78, 5) is 38.3. The molecule has 6 nitrogen and oxygen atoms in total. The first-order chi connectivity index (χ1) is 13.5. The number of hydrogen-bond donors (Lipinski definition) is 2. The lowest BCUT2D eigenvalue weighted by atomic mass is 10.1. The number of amides is 3. The molecule has 0 radical (unpaired) electrons. The summed E-state index contributed by atoms with van der Waals surface area (Å²) in [6, 6.07) is 12.4. The summed E-state index contributed by atoms with van der Waals surface area (Å²) in [7, 11) is 0. The van der Waals surface area contributed by atoms with Gasteiger partial charge in [0.25, 0.3) is 5.91 Å². The molecule has 2 aliphatic rings. The molecule has 1 saturated heterocycles. The van der Waals surface area contributed by atoms with Crippen LogP contribution in [0.15, 0.2) is 42.5 Å². The van der Waals surface area contributed by atoms with Gasteiger partial charge in [0, 0.05) is 30.2 Å². The van der Waals surface area contributed by atoms with Gasteiger partial charge in [0.05, 0.1) is 6.42 Å². The number of benzene rings is 2. The predicted molar refractivity (Wildman–Crippen MR) is 105 cm³/mol. The summed E-state index contributed by atoms with van der Waals surface area (Å²) in [6.45, 7) is 1.42. The van der Waals surface area contributed by atoms with Crippen LogP contribution in [0.1, 0.15) is 33.5 Å². The Bertz CT molecular complexity index is 942. The number of nitrogens with zero attached hydrogens (tertiary/aromatic N) is 1. The molecule has 4 rings (SSSR count). The molecular formula is C21H20ClN3O3. The summed E-state index contributed by atoms with van der Waals surface area (Å²) in [5.41, 5.74) is 3.35. The second-order valence-corrected chi connectivity index (χ2v) is 7.54. The Morgan fingerprint density at radius 1 is 1.14 bits per heavy atom. The fourth-order valence-corrected chi connectivity index (χ4v) is 3.81. The molecule has 2 aromatic rings. The highest BCUT2D eigenvalue weighted by molar-refractivity contribution is 6.30. The van der Waals surface area contributed by atoms with Crippen LogP contribution in [0.25, 0.3) is 0 Å². The molecule has 0 spiro atoms. The van der Waals surface area contributed by atoms with Crippen molar-refractivity contribution < 1.29 is 14.4 Å². The van der Waals surface area contributed by atoms with E-state index < -0.39 is 0 Å². The number of nitrogens with one attached hydrogen (secondary N) is 2. The molecule has 0 saturated carbocycles. The van der Waals surface area contributed by atoms with Gasteiger partial charge in [-0.2, -0.15) is 0 Å². The molecule has 2 N–H and O–H groups in total. The van der Waals surface area contributed by atoms with Gasteiger partial charge in [-0.1, -0.05) is 35.9 Å². The van der Waals surface area contributed by atoms with E-state index in [4.69, 9.17) is 11.6 Å². The van der Waals surface area contributed by atoms with Crippen molar-refractivity contribution in [3.63, 3.8) is 0 Å². The zero-order valence-corrected chi connectivity index (χ0v) is 16.0. The summed E-state index contributed by atoms with van der Waals surface area (Å²) in [6.07, 6.45) is 0.928. The molecule has 28 heavy (non-hydrogen) atoms. The van der Waals surface area contributed by atoms with Gasteiger partial charge in [0.2, 0.25) is 11.8 Å². The van der Waals surface area contributed by atoms with E-state index in [9.17, 15) is 14.4 Å². The molecule has 2 aromatic carbocycles. The van der Waals surface area contributed by atoms with Crippen molar-refractivity contribution >= 4 is 29.3 Å². The first-order valence-electron chi connectivity index (χ1n) is 9.23. The zero-order valence-electron chi connectivity index (χ0n) is 15.2. The first-order valence-corrected chi connectivity index (χ1v) is 9.60. The monoisotopic (exact) mass is 397 g/mol. The van der Waals surface area contributed by atoms with E-state index in [1.54, 1.807) is 23.1 Å². The number of carbonyl (C=O) groups excluding carboxylic acids is 3. The summed E-state index contributed by atoms with van der Waals surface area (Å²) < 4.78 is 0. The van der Waals surface area contributed by atoms with Crippen LogP contribution < -0.4 is 10.6 Å². The van der Waals surface area contributed by atoms with Crippen molar-refractivity contribution in [2.45, 2.75) is 32.0 Å². The number of hydrogen-bond acceptors (Lipinski definition) is 3. The third-order valence-corrected chi connectivity index (χ3v) is 5.42. The van der Waals surface area contributed by atoms with E-state index in [0.717, 1.165) is 16.7 Å². The minimum absolute atomic E-state index is 0.0804.